The minimum atomic E-state index is -0.845. The van der Waals surface area contributed by atoms with Gasteiger partial charge in [0.25, 0.3) is 5.91 Å². The van der Waals surface area contributed by atoms with Gasteiger partial charge in [-0.25, -0.2) is 9.67 Å². The molecule has 7 nitrogen and oxygen atoms in total. The molecule has 1 saturated heterocycles. The van der Waals surface area contributed by atoms with Gasteiger partial charge in [0.2, 0.25) is 0 Å². The number of carbonyl (C=O) groups excluding carboxylic acids is 1. The van der Waals surface area contributed by atoms with Gasteiger partial charge in [-0.3, -0.25) is 9.59 Å². The van der Waals surface area contributed by atoms with Crippen molar-refractivity contribution in [3.05, 3.63) is 41.3 Å². The minimum absolute atomic E-state index is 0.0267. The zero-order chi connectivity index (χ0) is 18.1. The first-order chi connectivity index (χ1) is 11.9. The first-order valence-corrected chi connectivity index (χ1v) is 8.40. The largest absolute Gasteiger partial charge is 0.481 e. The van der Waals surface area contributed by atoms with Crippen LogP contribution in [0.25, 0.3) is 5.82 Å². The second kappa shape index (κ2) is 6.66. The van der Waals surface area contributed by atoms with E-state index in [2.05, 4.69) is 10.1 Å². The van der Waals surface area contributed by atoms with Crippen LogP contribution in [-0.2, 0) is 4.79 Å². The van der Waals surface area contributed by atoms with E-state index in [9.17, 15) is 14.7 Å². The van der Waals surface area contributed by atoms with E-state index in [0.29, 0.717) is 24.2 Å². The fourth-order valence-electron chi connectivity index (χ4n) is 3.26. The van der Waals surface area contributed by atoms with Crippen LogP contribution in [0.3, 0.4) is 0 Å². The van der Waals surface area contributed by atoms with E-state index in [1.807, 2.05) is 26.8 Å². The SMILES string of the molecule is Cc1cc(C)n(-c2ccc(C(=O)N3CC(C(=O)O)CCC3C)cn2)n1. The topological polar surface area (TPSA) is 88.3 Å². The Labute approximate surface area is 146 Å². The van der Waals surface area contributed by atoms with E-state index < -0.39 is 11.9 Å². The molecule has 2 unspecified atom stereocenters. The lowest BCUT2D eigenvalue weighted by atomic mass is 9.93. The van der Waals surface area contributed by atoms with Crippen molar-refractivity contribution in [1.82, 2.24) is 19.7 Å². The molecule has 0 saturated carbocycles. The average molecular weight is 342 g/mol. The van der Waals surface area contributed by atoms with Crippen LogP contribution in [0, 0.1) is 19.8 Å². The third-order valence-electron chi connectivity index (χ3n) is 4.71. The predicted molar refractivity (Wildman–Crippen MR) is 91.7 cm³/mol. The van der Waals surface area contributed by atoms with Crippen LogP contribution in [0.4, 0.5) is 0 Å². The second-order valence-corrected chi connectivity index (χ2v) is 6.66. The summed E-state index contributed by atoms with van der Waals surface area (Å²) in [5.41, 5.74) is 2.34. The standard InChI is InChI=1S/C18H22N4O3/c1-11-8-13(3)22(20-11)16-7-6-14(9-19-16)17(23)21-10-15(18(24)25)5-4-12(21)2/h6-9,12,15H,4-5,10H2,1-3H3,(H,24,25). The van der Waals surface area contributed by atoms with E-state index in [-0.39, 0.29) is 18.5 Å². The molecule has 0 spiro atoms. The van der Waals surface area contributed by atoms with Crippen LogP contribution in [0.1, 0.15) is 41.5 Å². The molecular formula is C18H22N4O3. The fraction of sp³-hybridized carbons (Fsp3) is 0.444. The summed E-state index contributed by atoms with van der Waals surface area (Å²) < 4.78 is 1.73. The van der Waals surface area contributed by atoms with Crippen LogP contribution in [-0.4, -0.2) is 49.2 Å². The highest BCUT2D eigenvalue weighted by atomic mass is 16.4. The van der Waals surface area contributed by atoms with Gasteiger partial charge in [0.1, 0.15) is 0 Å². The third-order valence-corrected chi connectivity index (χ3v) is 4.71. The predicted octanol–water partition coefficient (Wildman–Crippen LogP) is 2.21. The number of aryl methyl sites for hydroxylation is 2. The summed E-state index contributed by atoms with van der Waals surface area (Å²) in [5.74, 6) is -0.868. The van der Waals surface area contributed by atoms with Gasteiger partial charge in [-0.2, -0.15) is 5.10 Å². The van der Waals surface area contributed by atoms with Crippen molar-refractivity contribution in [2.24, 2.45) is 5.92 Å². The van der Waals surface area contributed by atoms with Crippen molar-refractivity contribution >= 4 is 11.9 Å². The summed E-state index contributed by atoms with van der Waals surface area (Å²) >= 11 is 0. The Kier molecular flexibility index (Phi) is 4.57. The molecule has 2 atom stereocenters. The van der Waals surface area contributed by atoms with Gasteiger partial charge < -0.3 is 10.0 Å². The molecule has 132 valence electrons. The molecule has 3 rings (SSSR count). The molecule has 25 heavy (non-hydrogen) atoms. The Balaban J connectivity index is 1.80. The zero-order valence-electron chi connectivity index (χ0n) is 14.6. The summed E-state index contributed by atoms with van der Waals surface area (Å²) in [7, 11) is 0. The molecule has 7 heteroatoms. The van der Waals surface area contributed by atoms with Crippen molar-refractivity contribution in [1.29, 1.82) is 0 Å². The van der Waals surface area contributed by atoms with Gasteiger partial charge >= 0.3 is 5.97 Å². The number of piperidine rings is 1. The molecule has 1 fully saturated rings. The van der Waals surface area contributed by atoms with Crippen LogP contribution in [0.15, 0.2) is 24.4 Å². The summed E-state index contributed by atoms with van der Waals surface area (Å²) in [5, 5.41) is 13.6. The third kappa shape index (κ3) is 3.40. The first kappa shape index (κ1) is 17.1. The number of hydrogen-bond donors (Lipinski definition) is 1. The van der Waals surface area contributed by atoms with Crippen LogP contribution in [0.2, 0.25) is 0 Å². The summed E-state index contributed by atoms with van der Waals surface area (Å²) in [6.07, 6.45) is 2.83. The number of hydrogen-bond acceptors (Lipinski definition) is 4. The number of amides is 1. The summed E-state index contributed by atoms with van der Waals surface area (Å²) in [6.45, 7) is 6.06. The van der Waals surface area contributed by atoms with Gasteiger partial charge in [0.15, 0.2) is 5.82 Å². The molecule has 1 aliphatic heterocycles. The number of likely N-dealkylation sites (tertiary alicyclic amines) is 1. The van der Waals surface area contributed by atoms with Gasteiger partial charge in [-0.05, 0) is 51.8 Å². The number of pyridine rings is 1. The highest BCUT2D eigenvalue weighted by molar-refractivity contribution is 5.94. The molecule has 1 amide bonds. The number of rotatable bonds is 3. The van der Waals surface area contributed by atoms with Crippen molar-refractivity contribution < 1.29 is 14.7 Å². The van der Waals surface area contributed by atoms with Crippen LogP contribution < -0.4 is 0 Å². The number of aromatic nitrogens is 3. The Hall–Kier alpha value is -2.70. The molecule has 0 aromatic carbocycles. The lowest BCUT2D eigenvalue weighted by Gasteiger charge is -2.36. The van der Waals surface area contributed by atoms with Crippen molar-refractivity contribution in [2.45, 2.75) is 39.7 Å². The van der Waals surface area contributed by atoms with Crippen molar-refractivity contribution in [2.75, 3.05) is 6.54 Å². The van der Waals surface area contributed by atoms with Crippen LogP contribution >= 0.6 is 0 Å². The molecule has 0 bridgehead atoms. The Morgan fingerprint density at radius 3 is 2.56 bits per heavy atom. The molecule has 0 aliphatic carbocycles. The molecule has 2 aromatic rings. The molecule has 0 radical (unpaired) electrons. The lowest BCUT2D eigenvalue weighted by molar-refractivity contribution is -0.143. The Morgan fingerprint density at radius 1 is 1.24 bits per heavy atom. The summed E-state index contributed by atoms with van der Waals surface area (Å²) in [4.78, 5) is 30.0. The van der Waals surface area contributed by atoms with E-state index in [0.717, 1.165) is 11.4 Å². The molecule has 1 aliphatic rings. The first-order valence-electron chi connectivity index (χ1n) is 8.40. The van der Waals surface area contributed by atoms with Gasteiger partial charge in [0, 0.05) is 24.5 Å². The Morgan fingerprint density at radius 2 is 2.00 bits per heavy atom. The average Bonchev–Trinajstić information content (AvgIpc) is 2.93. The molecule has 1 N–H and O–H groups in total. The van der Waals surface area contributed by atoms with Crippen LogP contribution in [0.5, 0.6) is 0 Å². The van der Waals surface area contributed by atoms with Crippen molar-refractivity contribution in [3.8, 4) is 5.82 Å². The van der Waals surface area contributed by atoms with E-state index in [4.69, 9.17) is 0 Å². The normalized spacial score (nSPS) is 20.5. The van der Waals surface area contributed by atoms with Gasteiger partial charge in [-0.1, -0.05) is 0 Å². The highest BCUT2D eigenvalue weighted by Gasteiger charge is 2.33. The minimum Gasteiger partial charge on any atom is -0.481 e. The fourth-order valence-corrected chi connectivity index (χ4v) is 3.26. The van der Waals surface area contributed by atoms with Gasteiger partial charge in [0.05, 0.1) is 17.2 Å². The zero-order valence-corrected chi connectivity index (χ0v) is 14.6. The van der Waals surface area contributed by atoms with E-state index in [1.165, 1.54) is 6.20 Å². The van der Waals surface area contributed by atoms with Crippen molar-refractivity contribution in [3.63, 3.8) is 0 Å². The number of carbonyl (C=O) groups is 2. The Bertz CT molecular complexity index is 797. The summed E-state index contributed by atoms with van der Waals surface area (Å²) in [6, 6.07) is 5.47. The maximum atomic E-state index is 12.8. The molecular weight excluding hydrogens is 320 g/mol. The second-order valence-electron chi connectivity index (χ2n) is 6.66. The van der Waals surface area contributed by atoms with Gasteiger partial charge in [-0.15, -0.1) is 0 Å². The highest BCUT2D eigenvalue weighted by Crippen LogP contribution is 2.24. The number of carboxylic acid groups (broad SMARTS) is 1. The lowest BCUT2D eigenvalue weighted by Crippen LogP contribution is -2.47. The van der Waals surface area contributed by atoms with E-state index >= 15 is 0 Å². The quantitative estimate of drug-likeness (QED) is 0.924. The smallest absolute Gasteiger partial charge is 0.308 e. The maximum absolute atomic E-state index is 12.8. The number of nitrogens with zero attached hydrogens (tertiary/aromatic N) is 4. The van der Waals surface area contributed by atoms with E-state index in [1.54, 1.807) is 21.7 Å². The molecule has 3 heterocycles. The maximum Gasteiger partial charge on any atom is 0.308 e. The monoisotopic (exact) mass is 342 g/mol. The molecule has 2 aromatic heterocycles. The number of carboxylic acids is 1. The number of aliphatic carboxylic acids is 1.